The van der Waals surface area contributed by atoms with Crippen LogP contribution in [0.15, 0.2) is 0 Å². The summed E-state index contributed by atoms with van der Waals surface area (Å²) in [5, 5.41) is 14.3. The van der Waals surface area contributed by atoms with Crippen molar-refractivity contribution < 1.29 is 19.4 Å². The molecule has 0 bridgehead atoms. The van der Waals surface area contributed by atoms with Crippen LogP contribution in [0.1, 0.15) is 25.7 Å². The largest absolute Gasteiger partial charge is 0.480 e. The molecule has 2 aliphatic rings. The zero-order valence-electron chi connectivity index (χ0n) is 8.99. The monoisotopic (exact) mass is 228 g/mol. The lowest BCUT2D eigenvalue weighted by atomic mass is 9.77. The van der Waals surface area contributed by atoms with Crippen molar-refractivity contribution in [1.82, 2.24) is 10.6 Å². The van der Waals surface area contributed by atoms with E-state index in [9.17, 15) is 9.59 Å². The number of urea groups is 1. The van der Waals surface area contributed by atoms with Gasteiger partial charge in [0.05, 0.1) is 12.6 Å². The van der Waals surface area contributed by atoms with E-state index in [-0.39, 0.29) is 6.04 Å². The first-order chi connectivity index (χ1) is 7.62. The lowest BCUT2D eigenvalue weighted by molar-refractivity contribution is -0.148. The Bertz CT molecular complexity index is 295. The van der Waals surface area contributed by atoms with E-state index < -0.39 is 17.5 Å². The first-order valence-corrected chi connectivity index (χ1v) is 5.52. The second kappa shape index (κ2) is 4.29. The summed E-state index contributed by atoms with van der Waals surface area (Å²) >= 11 is 0. The summed E-state index contributed by atoms with van der Waals surface area (Å²) in [6.07, 6.45) is 2.65. The number of carbonyl (C=O) groups excluding carboxylic acids is 1. The van der Waals surface area contributed by atoms with Crippen LogP contribution >= 0.6 is 0 Å². The Kier molecular flexibility index (Phi) is 3.00. The molecule has 2 rings (SSSR count). The SMILES string of the molecule is O=C(NC1CCOC1)NC1(C(=O)O)CCC1. The standard InChI is InChI=1S/C10H16N2O4/c13-8(14)10(3-1-4-10)12-9(15)11-7-2-5-16-6-7/h7H,1-6H2,(H,13,14)(H2,11,12,15). The zero-order chi connectivity index (χ0) is 11.6. The number of hydrogen-bond acceptors (Lipinski definition) is 3. The molecule has 1 saturated carbocycles. The van der Waals surface area contributed by atoms with Crippen LogP contribution in [0.2, 0.25) is 0 Å². The Hall–Kier alpha value is -1.30. The van der Waals surface area contributed by atoms with Crippen LogP contribution < -0.4 is 10.6 Å². The fourth-order valence-corrected chi connectivity index (χ4v) is 2.01. The van der Waals surface area contributed by atoms with Gasteiger partial charge in [-0.05, 0) is 25.7 Å². The highest BCUT2D eigenvalue weighted by atomic mass is 16.5. The van der Waals surface area contributed by atoms with Crippen LogP contribution in [-0.2, 0) is 9.53 Å². The lowest BCUT2D eigenvalue weighted by Crippen LogP contribution is -2.62. The number of carboxylic acid groups (broad SMARTS) is 1. The smallest absolute Gasteiger partial charge is 0.329 e. The minimum Gasteiger partial charge on any atom is -0.480 e. The molecule has 1 atom stereocenters. The van der Waals surface area contributed by atoms with E-state index in [0.717, 1.165) is 12.8 Å². The third-order valence-electron chi connectivity index (χ3n) is 3.23. The molecule has 0 spiro atoms. The van der Waals surface area contributed by atoms with Crippen molar-refractivity contribution in [3.8, 4) is 0 Å². The van der Waals surface area contributed by atoms with Gasteiger partial charge in [-0.15, -0.1) is 0 Å². The van der Waals surface area contributed by atoms with Gasteiger partial charge in [0, 0.05) is 6.61 Å². The van der Waals surface area contributed by atoms with Crippen LogP contribution in [0.3, 0.4) is 0 Å². The summed E-state index contributed by atoms with van der Waals surface area (Å²) in [5.41, 5.74) is -1.04. The lowest BCUT2D eigenvalue weighted by Gasteiger charge is -2.38. The summed E-state index contributed by atoms with van der Waals surface area (Å²) < 4.78 is 5.12. The molecule has 0 aromatic heterocycles. The normalized spacial score (nSPS) is 26.9. The Morgan fingerprint density at radius 3 is 2.56 bits per heavy atom. The Morgan fingerprint density at radius 1 is 1.38 bits per heavy atom. The summed E-state index contributed by atoms with van der Waals surface area (Å²) in [7, 11) is 0. The highest BCUT2D eigenvalue weighted by Gasteiger charge is 2.45. The number of carbonyl (C=O) groups is 2. The van der Waals surface area contributed by atoms with Gasteiger partial charge in [0.15, 0.2) is 0 Å². The Labute approximate surface area is 93.3 Å². The second-order valence-corrected chi connectivity index (χ2v) is 4.40. The molecule has 2 fully saturated rings. The van der Waals surface area contributed by atoms with Gasteiger partial charge in [0.25, 0.3) is 0 Å². The Morgan fingerprint density at radius 2 is 2.12 bits per heavy atom. The van der Waals surface area contributed by atoms with Crippen LogP contribution in [0.4, 0.5) is 4.79 Å². The first kappa shape index (κ1) is 11.2. The van der Waals surface area contributed by atoms with Gasteiger partial charge in [-0.25, -0.2) is 9.59 Å². The van der Waals surface area contributed by atoms with Gasteiger partial charge in [0.1, 0.15) is 5.54 Å². The van der Waals surface area contributed by atoms with Crippen LogP contribution in [0, 0.1) is 0 Å². The molecule has 1 aliphatic carbocycles. The number of amides is 2. The average Bonchev–Trinajstić information content (AvgIpc) is 2.63. The summed E-state index contributed by atoms with van der Waals surface area (Å²) in [4.78, 5) is 22.6. The van der Waals surface area contributed by atoms with Crippen LogP contribution in [0.25, 0.3) is 0 Å². The van der Waals surface area contributed by atoms with Gasteiger partial charge < -0.3 is 20.5 Å². The van der Waals surface area contributed by atoms with E-state index >= 15 is 0 Å². The predicted molar refractivity (Wildman–Crippen MR) is 55.1 cm³/mol. The third kappa shape index (κ3) is 2.11. The zero-order valence-corrected chi connectivity index (χ0v) is 8.99. The highest BCUT2D eigenvalue weighted by Crippen LogP contribution is 2.31. The molecule has 1 heterocycles. The summed E-state index contributed by atoms with van der Waals surface area (Å²) in [6, 6.07) is -0.400. The van der Waals surface area contributed by atoms with Crippen molar-refractivity contribution in [3.05, 3.63) is 0 Å². The van der Waals surface area contributed by atoms with Crippen LogP contribution in [0.5, 0.6) is 0 Å². The molecule has 0 aromatic rings. The molecule has 16 heavy (non-hydrogen) atoms. The molecule has 1 saturated heterocycles. The maximum atomic E-state index is 11.6. The van der Waals surface area contributed by atoms with Crippen molar-refractivity contribution in [2.75, 3.05) is 13.2 Å². The molecule has 6 heteroatoms. The molecule has 3 N–H and O–H groups in total. The number of ether oxygens (including phenoxy) is 1. The maximum absolute atomic E-state index is 11.6. The maximum Gasteiger partial charge on any atom is 0.329 e. The fourth-order valence-electron chi connectivity index (χ4n) is 2.01. The van der Waals surface area contributed by atoms with Gasteiger partial charge in [-0.1, -0.05) is 0 Å². The quantitative estimate of drug-likeness (QED) is 0.638. The van der Waals surface area contributed by atoms with Gasteiger partial charge >= 0.3 is 12.0 Å². The highest BCUT2D eigenvalue weighted by molar-refractivity contribution is 5.87. The predicted octanol–water partition coefficient (Wildman–Crippen LogP) is 0.0818. The van der Waals surface area contributed by atoms with E-state index in [2.05, 4.69) is 10.6 Å². The van der Waals surface area contributed by atoms with Gasteiger partial charge in [-0.2, -0.15) is 0 Å². The van der Waals surface area contributed by atoms with Crippen molar-refractivity contribution >= 4 is 12.0 Å². The molecule has 1 aliphatic heterocycles. The molecule has 0 radical (unpaired) electrons. The minimum absolute atomic E-state index is 0.00548. The van der Waals surface area contributed by atoms with Crippen molar-refractivity contribution in [2.45, 2.75) is 37.3 Å². The van der Waals surface area contributed by atoms with E-state index in [1.54, 1.807) is 0 Å². The van der Waals surface area contributed by atoms with E-state index in [1.807, 2.05) is 0 Å². The minimum atomic E-state index is -1.04. The molecule has 1 unspecified atom stereocenters. The fraction of sp³-hybridized carbons (Fsp3) is 0.800. The average molecular weight is 228 g/mol. The van der Waals surface area contributed by atoms with Gasteiger partial charge in [0.2, 0.25) is 0 Å². The number of aliphatic carboxylic acids is 1. The third-order valence-corrected chi connectivity index (χ3v) is 3.23. The van der Waals surface area contributed by atoms with Gasteiger partial charge in [-0.3, -0.25) is 0 Å². The topological polar surface area (TPSA) is 87.7 Å². The summed E-state index contributed by atoms with van der Waals surface area (Å²) in [6.45, 7) is 1.16. The van der Waals surface area contributed by atoms with Crippen molar-refractivity contribution in [1.29, 1.82) is 0 Å². The molecule has 0 aromatic carbocycles. The molecular weight excluding hydrogens is 212 g/mol. The van der Waals surface area contributed by atoms with E-state index in [4.69, 9.17) is 9.84 Å². The Balaban J connectivity index is 1.83. The second-order valence-electron chi connectivity index (χ2n) is 4.40. The number of hydrogen-bond donors (Lipinski definition) is 3. The van der Waals surface area contributed by atoms with E-state index in [0.29, 0.717) is 26.1 Å². The van der Waals surface area contributed by atoms with Crippen LogP contribution in [-0.4, -0.2) is 41.9 Å². The first-order valence-electron chi connectivity index (χ1n) is 5.52. The van der Waals surface area contributed by atoms with Crippen molar-refractivity contribution in [2.24, 2.45) is 0 Å². The van der Waals surface area contributed by atoms with Crippen molar-refractivity contribution in [3.63, 3.8) is 0 Å². The molecular formula is C10H16N2O4. The van der Waals surface area contributed by atoms with E-state index in [1.165, 1.54) is 0 Å². The molecule has 6 nitrogen and oxygen atoms in total. The summed E-state index contributed by atoms with van der Waals surface area (Å²) in [5.74, 6) is -0.948. The molecule has 2 amide bonds. The molecule has 90 valence electrons. The number of rotatable bonds is 3. The number of nitrogens with one attached hydrogen (secondary N) is 2. The number of carboxylic acids is 1.